The summed E-state index contributed by atoms with van der Waals surface area (Å²) in [6, 6.07) is 7.51. The fraction of sp³-hybridized carbons (Fsp3) is 0.500. The lowest BCUT2D eigenvalue weighted by Crippen LogP contribution is -2.13. The van der Waals surface area contributed by atoms with Gasteiger partial charge in [-0.15, -0.1) is 0 Å². The van der Waals surface area contributed by atoms with Gasteiger partial charge in [-0.25, -0.2) is 0 Å². The van der Waals surface area contributed by atoms with Gasteiger partial charge in [-0.3, -0.25) is 4.79 Å². The van der Waals surface area contributed by atoms with Gasteiger partial charge in [0.1, 0.15) is 5.75 Å². The van der Waals surface area contributed by atoms with E-state index < -0.39 is 0 Å². The number of ether oxygens (including phenoxy) is 1. The average Bonchev–Trinajstić information content (AvgIpc) is 3.12. The van der Waals surface area contributed by atoms with Crippen molar-refractivity contribution in [3.8, 4) is 5.75 Å². The molecular formula is C14H18O2. The van der Waals surface area contributed by atoms with Gasteiger partial charge in [-0.05, 0) is 37.8 Å². The molecule has 1 atom stereocenters. The maximum atomic E-state index is 12.1. The summed E-state index contributed by atoms with van der Waals surface area (Å²) in [7, 11) is 0. The molecule has 16 heavy (non-hydrogen) atoms. The second-order valence-corrected chi connectivity index (χ2v) is 4.45. The molecule has 86 valence electrons. The summed E-state index contributed by atoms with van der Waals surface area (Å²) in [5.74, 6) is 1.82. The molecule has 1 aromatic rings. The van der Waals surface area contributed by atoms with Crippen LogP contribution in [0.5, 0.6) is 5.75 Å². The van der Waals surface area contributed by atoms with Gasteiger partial charge in [0.05, 0.1) is 6.61 Å². The second-order valence-electron chi connectivity index (χ2n) is 4.45. The Morgan fingerprint density at radius 3 is 2.88 bits per heavy atom. The first-order valence-corrected chi connectivity index (χ1v) is 5.99. The number of ketones is 1. The minimum atomic E-state index is 0.164. The molecular weight excluding hydrogens is 200 g/mol. The van der Waals surface area contributed by atoms with E-state index in [1.165, 1.54) is 12.8 Å². The van der Waals surface area contributed by atoms with Crippen LogP contribution >= 0.6 is 0 Å². The molecule has 0 amide bonds. The largest absolute Gasteiger partial charge is 0.494 e. The van der Waals surface area contributed by atoms with Crippen molar-refractivity contribution >= 4 is 5.78 Å². The average molecular weight is 218 g/mol. The van der Waals surface area contributed by atoms with Crippen molar-refractivity contribution in [2.75, 3.05) is 6.61 Å². The predicted octanol–water partition coefficient (Wildman–Crippen LogP) is 3.31. The number of rotatable bonds is 5. The monoisotopic (exact) mass is 218 g/mol. The van der Waals surface area contributed by atoms with E-state index in [0.717, 1.165) is 11.3 Å². The Balaban J connectivity index is 2.12. The van der Waals surface area contributed by atoms with E-state index in [0.29, 0.717) is 12.5 Å². The van der Waals surface area contributed by atoms with E-state index in [1.807, 2.05) is 38.1 Å². The van der Waals surface area contributed by atoms with Crippen molar-refractivity contribution in [1.29, 1.82) is 0 Å². The highest BCUT2D eigenvalue weighted by Gasteiger charge is 2.32. The zero-order chi connectivity index (χ0) is 11.5. The molecule has 0 aliphatic heterocycles. The van der Waals surface area contributed by atoms with Crippen LogP contribution in [0.3, 0.4) is 0 Å². The van der Waals surface area contributed by atoms with Gasteiger partial charge < -0.3 is 4.74 Å². The lowest BCUT2D eigenvalue weighted by Gasteiger charge is -2.10. The van der Waals surface area contributed by atoms with Crippen molar-refractivity contribution in [3.63, 3.8) is 0 Å². The van der Waals surface area contributed by atoms with Gasteiger partial charge in [0, 0.05) is 11.5 Å². The zero-order valence-electron chi connectivity index (χ0n) is 9.90. The Kier molecular flexibility index (Phi) is 3.28. The predicted molar refractivity (Wildman–Crippen MR) is 63.8 cm³/mol. The van der Waals surface area contributed by atoms with E-state index in [-0.39, 0.29) is 11.7 Å². The molecule has 2 nitrogen and oxygen atoms in total. The van der Waals surface area contributed by atoms with Gasteiger partial charge in [0.2, 0.25) is 0 Å². The molecule has 0 heterocycles. The van der Waals surface area contributed by atoms with E-state index in [4.69, 9.17) is 4.74 Å². The molecule has 0 aromatic heterocycles. The minimum Gasteiger partial charge on any atom is -0.494 e. The number of carbonyl (C=O) groups is 1. The summed E-state index contributed by atoms with van der Waals surface area (Å²) in [6.07, 6.45) is 2.41. The van der Waals surface area contributed by atoms with Crippen LogP contribution in [-0.2, 0) is 0 Å². The van der Waals surface area contributed by atoms with E-state index in [2.05, 4.69) is 0 Å². The van der Waals surface area contributed by atoms with Crippen LogP contribution in [0.4, 0.5) is 0 Å². The van der Waals surface area contributed by atoms with Crippen LogP contribution in [0.2, 0.25) is 0 Å². The second kappa shape index (κ2) is 4.69. The van der Waals surface area contributed by atoms with Gasteiger partial charge in [0.15, 0.2) is 5.78 Å². The molecule has 0 radical (unpaired) electrons. The molecule has 1 aromatic carbocycles. The number of hydrogen-bond acceptors (Lipinski definition) is 2. The first-order valence-electron chi connectivity index (χ1n) is 5.99. The highest BCUT2D eigenvalue weighted by molar-refractivity contribution is 5.98. The fourth-order valence-corrected chi connectivity index (χ4v) is 1.98. The van der Waals surface area contributed by atoms with Crippen LogP contribution in [-0.4, -0.2) is 12.4 Å². The van der Waals surface area contributed by atoms with Gasteiger partial charge in [-0.2, -0.15) is 0 Å². The number of benzene rings is 1. The number of carbonyl (C=O) groups excluding carboxylic acids is 1. The van der Waals surface area contributed by atoms with Gasteiger partial charge >= 0.3 is 0 Å². The zero-order valence-corrected chi connectivity index (χ0v) is 9.90. The maximum absolute atomic E-state index is 12.1. The summed E-state index contributed by atoms with van der Waals surface area (Å²) >= 11 is 0. The molecule has 0 saturated heterocycles. The topological polar surface area (TPSA) is 26.3 Å². The third kappa shape index (κ3) is 2.43. The Bertz CT molecular complexity index is 380. The van der Waals surface area contributed by atoms with Crippen molar-refractivity contribution in [3.05, 3.63) is 29.8 Å². The van der Waals surface area contributed by atoms with Crippen molar-refractivity contribution in [2.24, 2.45) is 11.8 Å². The Morgan fingerprint density at radius 1 is 1.50 bits per heavy atom. The minimum absolute atomic E-state index is 0.164. The Hall–Kier alpha value is -1.31. The van der Waals surface area contributed by atoms with Gasteiger partial charge in [0.25, 0.3) is 0 Å². The molecule has 1 fully saturated rings. The smallest absolute Gasteiger partial charge is 0.166 e. The van der Waals surface area contributed by atoms with E-state index >= 15 is 0 Å². The summed E-state index contributed by atoms with van der Waals surface area (Å²) in [5.41, 5.74) is 0.783. The van der Waals surface area contributed by atoms with Crippen LogP contribution in [0, 0.1) is 11.8 Å². The molecule has 0 bridgehead atoms. The summed E-state index contributed by atoms with van der Waals surface area (Å²) in [5, 5.41) is 0. The highest BCUT2D eigenvalue weighted by atomic mass is 16.5. The highest BCUT2D eigenvalue weighted by Crippen LogP contribution is 2.38. The van der Waals surface area contributed by atoms with Crippen molar-refractivity contribution in [2.45, 2.75) is 26.7 Å². The summed E-state index contributed by atoms with van der Waals surface area (Å²) < 4.78 is 5.40. The number of hydrogen-bond donors (Lipinski definition) is 0. The van der Waals surface area contributed by atoms with E-state index in [9.17, 15) is 4.79 Å². The number of Topliss-reactive ketones (excluding diaryl/α,β-unsaturated/α-hetero) is 1. The van der Waals surface area contributed by atoms with Crippen LogP contribution in [0.1, 0.15) is 37.0 Å². The van der Waals surface area contributed by atoms with E-state index in [1.54, 1.807) is 0 Å². The molecule has 0 spiro atoms. The third-order valence-corrected chi connectivity index (χ3v) is 3.17. The molecule has 1 aliphatic rings. The first-order chi connectivity index (χ1) is 7.72. The maximum Gasteiger partial charge on any atom is 0.166 e. The molecule has 0 N–H and O–H groups in total. The first kappa shape index (κ1) is 11.2. The van der Waals surface area contributed by atoms with Crippen molar-refractivity contribution in [1.82, 2.24) is 0 Å². The molecule has 2 rings (SSSR count). The van der Waals surface area contributed by atoms with Crippen LogP contribution < -0.4 is 4.74 Å². The van der Waals surface area contributed by atoms with Gasteiger partial charge in [-0.1, -0.05) is 19.1 Å². The lowest BCUT2D eigenvalue weighted by atomic mass is 9.95. The van der Waals surface area contributed by atoms with Crippen LogP contribution in [0.15, 0.2) is 24.3 Å². The molecule has 1 unspecified atom stereocenters. The summed E-state index contributed by atoms with van der Waals surface area (Å²) in [6.45, 7) is 4.62. The Morgan fingerprint density at radius 2 is 2.25 bits per heavy atom. The third-order valence-electron chi connectivity index (χ3n) is 3.17. The Labute approximate surface area is 96.6 Å². The molecule has 1 saturated carbocycles. The quantitative estimate of drug-likeness (QED) is 0.709. The standard InChI is InChI=1S/C14H18O2/c1-3-16-13-6-4-5-12(9-13)14(15)10(2)11-7-8-11/h4-6,9-11H,3,7-8H2,1-2H3. The molecule has 1 aliphatic carbocycles. The summed E-state index contributed by atoms with van der Waals surface area (Å²) in [4.78, 5) is 12.1. The lowest BCUT2D eigenvalue weighted by molar-refractivity contribution is 0.0916. The molecule has 2 heteroatoms. The van der Waals surface area contributed by atoms with Crippen LogP contribution in [0.25, 0.3) is 0 Å². The SMILES string of the molecule is CCOc1cccc(C(=O)C(C)C2CC2)c1. The fourth-order valence-electron chi connectivity index (χ4n) is 1.98. The normalized spacial score (nSPS) is 16.9. The van der Waals surface area contributed by atoms with Crippen molar-refractivity contribution < 1.29 is 9.53 Å².